The Balaban J connectivity index is 0.000000191. The molecule has 4 bridgehead atoms. The second-order valence-electron chi connectivity index (χ2n) is 16.9. The van der Waals surface area contributed by atoms with Gasteiger partial charge in [0.2, 0.25) is 0 Å². The molecular formula is C46H47ClF6N8O6. The monoisotopic (exact) mass is 956 g/mol. The first-order chi connectivity index (χ1) is 31.7. The third kappa shape index (κ3) is 13.4. The van der Waals surface area contributed by atoms with E-state index in [1.165, 1.54) is 24.3 Å². The Kier molecular flexibility index (Phi) is 16.2. The Morgan fingerprint density at radius 3 is 1.49 bits per heavy atom. The number of esters is 2. The van der Waals surface area contributed by atoms with Crippen molar-refractivity contribution in [1.82, 2.24) is 25.7 Å². The Morgan fingerprint density at radius 1 is 0.657 bits per heavy atom. The van der Waals surface area contributed by atoms with Crippen LogP contribution in [0.4, 0.5) is 32.2 Å². The Bertz CT molecular complexity index is 2420. The van der Waals surface area contributed by atoms with Crippen LogP contribution >= 0.6 is 11.6 Å². The minimum Gasteiger partial charge on any atom is -0.489 e. The number of nitrogens with one attached hydrogen (secondary N) is 1. The number of nitrogens with zero attached hydrogens (tertiary/aromatic N) is 7. The molecule has 1 N–H and O–H groups in total. The normalized spacial score (nSPS) is 21.7. The molecule has 21 heteroatoms. The van der Waals surface area contributed by atoms with Crippen molar-refractivity contribution in [2.75, 3.05) is 4.90 Å². The second kappa shape index (κ2) is 21.6. The number of ether oxygens (including phenoxy) is 4. The summed E-state index contributed by atoms with van der Waals surface area (Å²) in [6.07, 6.45) is -3.58. The average molecular weight is 957 g/mol. The van der Waals surface area contributed by atoms with Crippen LogP contribution < -0.4 is 19.7 Å². The van der Waals surface area contributed by atoms with Crippen LogP contribution in [0.25, 0.3) is 0 Å². The van der Waals surface area contributed by atoms with Crippen LogP contribution in [0.5, 0.6) is 11.5 Å². The largest absolute Gasteiger partial charge is 0.489 e. The van der Waals surface area contributed by atoms with Crippen LogP contribution in [-0.2, 0) is 21.8 Å². The molecule has 2 aromatic heterocycles. The van der Waals surface area contributed by atoms with Gasteiger partial charge in [0, 0.05) is 37.0 Å². The highest BCUT2D eigenvalue weighted by atomic mass is 35.5. The molecule has 4 saturated heterocycles. The summed E-state index contributed by atoms with van der Waals surface area (Å²) in [5.74, 6) is -0.710. The number of benzene rings is 2. The molecule has 0 radical (unpaired) electrons. The Labute approximate surface area is 387 Å². The number of anilines is 1. The fourth-order valence-electron chi connectivity index (χ4n) is 8.45. The van der Waals surface area contributed by atoms with E-state index in [-0.39, 0.29) is 58.3 Å². The molecule has 8 rings (SSSR count). The number of nitriles is 2. The van der Waals surface area contributed by atoms with Gasteiger partial charge in [-0.25, -0.2) is 9.59 Å². The van der Waals surface area contributed by atoms with Crippen molar-refractivity contribution in [3.8, 4) is 23.6 Å². The number of hydrogen-bond donors (Lipinski definition) is 1. The van der Waals surface area contributed by atoms with Crippen LogP contribution in [-0.4, -0.2) is 80.9 Å². The minimum atomic E-state index is -4.59. The van der Waals surface area contributed by atoms with E-state index in [0.29, 0.717) is 35.9 Å². The lowest BCUT2D eigenvalue weighted by atomic mass is 9.99. The van der Waals surface area contributed by atoms with Crippen LogP contribution in [0.3, 0.4) is 0 Å². The first kappa shape index (κ1) is 50.2. The molecule has 2 aromatic carbocycles. The zero-order valence-corrected chi connectivity index (χ0v) is 37.5. The Morgan fingerprint density at radius 2 is 1.10 bits per heavy atom. The number of carbonyl (C=O) groups is 2. The van der Waals surface area contributed by atoms with E-state index in [4.69, 9.17) is 41.1 Å². The summed E-state index contributed by atoms with van der Waals surface area (Å²) in [6.45, 7) is 6.56. The van der Waals surface area contributed by atoms with E-state index in [2.05, 4.69) is 30.6 Å². The molecule has 4 fully saturated rings. The van der Waals surface area contributed by atoms with Crippen molar-refractivity contribution in [2.24, 2.45) is 0 Å². The zero-order valence-electron chi connectivity index (χ0n) is 36.8. The third-order valence-electron chi connectivity index (χ3n) is 11.2. The molecule has 0 saturated carbocycles. The summed E-state index contributed by atoms with van der Waals surface area (Å²) in [6, 6.07) is 17.1. The van der Waals surface area contributed by atoms with Gasteiger partial charge in [-0.2, -0.15) is 36.9 Å². The van der Waals surface area contributed by atoms with E-state index in [0.717, 1.165) is 62.8 Å². The molecular weight excluding hydrogens is 910 g/mol. The number of rotatable bonds is 9. The number of hydrogen-bond acceptors (Lipinski definition) is 14. The summed E-state index contributed by atoms with van der Waals surface area (Å²) in [5.41, 5.74) is -1.70. The topological polar surface area (TPSA) is 185 Å². The van der Waals surface area contributed by atoms with Gasteiger partial charge in [0.15, 0.2) is 22.4 Å². The molecule has 4 aliphatic heterocycles. The fraction of sp³-hybridized carbons (Fsp3) is 0.478. The molecule has 6 atom stereocenters. The molecule has 4 aliphatic rings. The number of alkyl halides is 6. The summed E-state index contributed by atoms with van der Waals surface area (Å²) >= 11 is 5.39. The van der Waals surface area contributed by atoms with Crippen LogP contribution in [0.2, 0.25) is 5.15 Å². The van der Waals surface area contributed by atoms with Gasteiger partial charge in [0.1, 0.15) is 47.0 Å². The van der Waals surface area contributed by atoms with Gasteiger partial charge in [0.25, 0.3) is 0 Å². The maximum Gasteiger partial charge on any atom is 0.416 e. The predicted molar refractivity (Wildman–Crippen MR) is 229 cm³/mol. The molecule has 0 amide bonds. The second-order valence-corrected chi connectivity index (χ2v) is 17.3. The molecule has 0 spiro atoms. The van der Waals surface area contributed by atoms with E-state index in [9.17, 15) is 35.9 Å². The van der Waals surface area contributed by atoms with E-state index < -0.39 is 47.6 Å². The number of aromatic nitrogens is 4. The molecule has 0 aliphatic carbocycles. The van der Waals surface area contributed by atoms with Crippen molar-refractivity contribution in [3.63, 3.8) is 0 Å². The highest BCUT2D eigenvalue weighted by Gasteiger charge is 2.43. The van der Waals surface area contributed by atoms with Crippen LogP contribution in [0.15, 0.2) is 60.7 Å². The summed E-state index contributed by atoms with van der Waals surface area (Å²) in [5, 5.41) is 35.9. The lowest BCUT2D eigenvalue weighted by Crippen LogP contribution is -2.47. The zero-order chi connectivity index (χ0) is 48.6. The van der Waals surface area contributed by atoms with Crippen molar-refractivity contribution in [2.45, 2.75) is 140 Å². The van der Waals surface area contributed by atoms with Gasteiger partial charge in [-0.15, -0.1) is 20.4 Å². The van der Waals surface area contributed by atoms with Crippen molar-refractivity contribution in [3.05, 3.63) is 99.5 Å². The average Bonchev–Trinajstić information content (AvgIpc) is 3.75. The molecule has 67 heavy (non-hydrogen) atoms. The quantitative estimate of drug-likeness (QED) is 0.124. The van der Waals surface area contributed by atoms with Crippen LogP contribution in [0, 0.1) is 22.7 Å². The fourth-order valence-corrected chi connectivity index (χ4v) is 8.55. The molecule has 2 unspecified atom stereocenters. The van der Waals surface area contributed by atoms with Crippen molar-refractivity contribution >= 4 is 29.4 Å². The van der Waals surface area contributed by atoms with Gasteiger partial charge in [-0.1, -0.05) is 11.6 Å². The van der Waals surface area contributed by atoms with E-state index >= 15 is 0 Å². The van der Waals surface area contributed by atoms with E-state index in [1.807, 2.05) is 12.1 Å². The van der Waals surface area contributed by atoms with E-state index in [1.54, 1.807) is 39.8 Å². The van der Waals surface area contributed by atoms with Gasteiger partial charge < -0.3 is 29.2 Å². The SMILES string of the molecule is CC(C)OC(=O)c1cc(C(F)(F)F)ccc1OC1C[C@H]2CC[C@@H](C1)N2.CC(C)OC(=O)c1cc(C(F)(F)F)ccc1OC1C[C@H]2CC[C@@H](C1)N2c1ccc(C#N)nn1.N#Cc1ccc(Cl)nn1. The lowest BCUT2D eigenvalue weighted by Gasteiger charge is -2.39. The molecule has 4 aromatic rings. The maximum absolute atomic E-state index is 13.2. The first-order valence-electron chi connectivity index (χ1n) is 21.6. The van der Waals surface area contributed by atoms with Crippen molar-refractivity contribution in [1.29, 1.82) is 10.5 Å². The van der Waals surface area contributed by atoms with Crippen LogP contribution in [0.1, 0.15) is 122 Å². The summed E-state index contributed by atoms with van der Waals surface area (Å²) < 4.78 is 101. The lowest BCUT2D eigenvalue weighted by molar-refractivity contribution is -0.138. The number of carbonyl (C=O) groups excluding carboxylic acids is 2. The molecule has 6 heterocycles. The molecule has 14 nitrogen and oxygen atoms in total. The minimum absolute atomic E-state index is 0.0877. The van der Waals surface area contributed by atoms with Gasteiger partial charge in [-0.05, 0) is 127 Å². The number of piperidine rings is 2. The number of fused-ring (bicyclic) bond motifs is 4. The molecule has 356 valence electrons. The Hall–Kier alpha value is -6.25. The third-order valence-corrected chi connectivity index (χ3v) is 11.4. The van der Waals surface area contributed by atoms with Gasteiger partial charge in [-0.3, -0.25) is 0 Å². The number of halogens is 7. The maximum atomic E-state index is 13.2. The summed E-state index contributed by atoms with van der Waals surface area (Å²) in [4.78, 5) is 26.9. The summed E-state index contributed by atoms with van der Waals surface area (Å²) in [7, 11) is 0. The highest BCUT2D eigenvalue weighted by molar-refractivity contribution is 6.29. The van der Waals surface area contributed by atoms with Gasteiger partial charge in [0.05, 0.1) is 23.3 Å². The highest BCUT2D eigenvalue weighted by Crippen LogP contribution is 2.41. The first-order valence-corrected chi connectivity index (χ1v) is 21.9. The van der Waals surface area contributed by atoms with Crippen molar-refractivity contribution < 1.29 is 54.9 Å². The van der Waals surface area contributed by atoms with Gasteiger partial charge >= 0.3 is 24.3 Å². The smallest absolute Gasteiger partial charge is 0.416 e. The standard InChI is InChI=1S/C23H23F3N4O3.C18H22F3NO3.C5H2ClN3/c1-13(2)32-22(31)19-9-14(23(24,25)26)3-7-20(19)33-18-10-16-5-6-17(11-18)30(16)21-8-4-15(12-27)28-29-21;1-10(2)24-17(23)15-7-11(18(19,20)21)3-6-16(15)25-14-8-12-4-5-13(9-14)22-12;6-5-2-1-4(3-7)8-9-5/h3-4,7-9,13,16-18H,5-6,10-11H2,1-2H3;3,6-7,10,12-14,22H,4-5,8-9H2,1-2H3;1-2H/t16-,17+,18?;12-,13+,14?;. The predicted octanol–water partition coefficient (Wildman–Crippen LogP) is 9.45.